The van der Waals surface area contributed by atoms with Crippen LogP contribution in [0.5, 0.6) is 0 Å². The van der Waals surface area contributed by atoms with E-state index in [9.17, 15) is 0 Å². The Kier molecular flexibility index (Phi) is 3.29. The van der Waals surface area contributed by atoms with E-state index in [1.54, 1.807) is 0 Å². The van der Waals surface area contributed by atoms with E-state index in [4.69, 9.17) is 4.74 Å². The molecule has 17 heavy (non-hydrogen) atoms. The molecule has 2 heterocycles. The minimum atomic E-state index is 0.436. The van der Waals surface area contributed by atoms with Gasteiger partial charge in [-0.05, 0) is 36.5 Å². The Morgan fingerprint density at radius 1 is 1.41 bits per heavy atom. The summed E-state index contributed by atoms with van der Waals surface area (Å²) in [7, 11) is 0. The lowest BCUT2D eigenvalue weighted by atomic mass is 10.1. The minimum Gasteiger partial charge on any atom is -0.384 e. The molecule has 3 nitrogen and oxygen atoms in total. The molecule has 1 aromatic carbocycles. The zero-order valence-electron chi connectivity index (χ0n) is 10.2. The van der Waals surface area contributed by atoms with Gasteiger partial charge in [-0.2, -0.15) is 0 Å². The van der Waals surface area contributed by atoms with E-state index in [1.165, 1.54) is 29.7 Å². The minimum absolute atomic E-state index is 0.436. The molecule has 0 amide bonds. The summed E-state index contributed by atoms with van der Waals surface area (Å²) in [6, 6.07) is 6.73. The average Bonchev–Trinajstić information content (AvgIpc) is 2.98. The van der Waals surface area contributed by atoms with Gasteiger partial charge in [0.25, 0.3) is 0 Å². The van der Waals surface area contributed by atoms with Crippen molar-refractivity contribution in [3.63, 3.8) is 0 Å². The summed E-state index contributed by atoms with van der Waals surface area (Å²) in [5, 5.41) is 6.88. The number of benzene rings is 1. The van der Waals surface area contributed by atoms with Crippen molar-refractivity contribution < 1.29 is 4.74 Å². The summed E-state index contributed by atoms with van der Waals surface area (Å²) in [6.07, 6.45) is 4.03. The van der Waals surface area contributed by atoms with Crippen molar-refractivity contribution in [2.45, 2.75) is 31.9 Å². The number of fused-ring (bicyclic) bond motifs is 1. The fraction of sp³-hybridized carbons (Fsp3) is 0.571. The first kappa shape index (κ1) is 11.1. The van der Waals surface area contributed by atoms with E-state index in [1.807, 2.05) is 0 Å². The molecule has 0 aromatic heterocycles. The maximum absolute atomic E-state index is 5.59. The van der Waals surface area contributed by atoms with Gasteiger partial charge < -0.3 is 15.4 Å². The number of rotatable bonds is 4. The molecular weight excluding hydrogens is 212 g/mol. The van der Waals surface area contributed by atoms with Crippen LogP contribution in [0.2, 0.25) is 0 Å². The van der Waals surface area contributed by atoms with Crippen LogP contribution in [-0.2, 0) is 17.7 Å². The van der Waals surface area contributed by atoms with Gasteiger partial charge in [-0.15, -0.1) is 0 Å². The first-order valence-electron chi connectivity index (χ1n) is 6.60. The smallest absolute Gasteiger partial charge is 0.0700 e. The molecule has 3 rings (SSSR count). The maximum Gasteiger partial charge on any atom is 0.0700 e. The Morgan fingerprint density at radius 2 is 2.41 bits per heavy atom. The van der Waals surface area contributed by atoms with E-state index >= 15 is 0 Å². The van der Waals surface area contributed by atoms with Crippen LogP contribution in [0, 0.1) is 0 Å². The second kappa shape index (κ2) is 5.07. The van der Waals surface area contributed by atoms with Gasteiger partial charge in [-0.1, -0.05) is 12.1 Å². The van der Waals surface area contributed by atoms with Gasteiger partial charge in [0.05, 0.1) is 6.10 Å². The number of ether oxygens (including phenoxy) is 1. The molecule has 0 saturated carbocycles. The van der Waals surface area contributed by atoms with Crippen LogP contribution in [0.25, 0.3) is 0 Å². The zero-order chi connectivity index (χ0) is 11.5. The van der Waals surface area contributed by atoms with Gasteiger partial charge in [0.15, 0.2) is 0 Å². The van der Waals surface area contributed by atoms with Crippen molar-refractivity contribution in [2.24, 2.45) is 0 Å². The predicted molar refractivity (Wildman–Crippen MR) is 69.3 cm³/mol. The van der Waals surface area contributed by atoms with Crippen LogP contribution in [0.1, 0.15) is 24.0 Å². The van der Waals surface area contributed by atoms with Crippen molar-refractivity contribution in [3.05, 3.63) is 29.3 Å². The summed E-state index contributed by atoms with van der Waals surface area (Å²) in [4.78, 5) is 0. The van der Waals surface area contributed by atoms with Gasteiger partial charge in [0.1, 0.15) is 0 Å². The first-order valence-corrected chi connectivity index (χ1v) is 6.60. The van der Waals surface area contributed by atoms with Gasteiger partial charge >= 0.3 is 0 Å². The molecule has 3 heteroatoms. The van der Waals surface area contributed by atoms with Crippen molar-refractivity contribution >= 4 is 5.69 Å². The molecule has 0 spiro atoms. The topological polar surface area (TPSA) is 33.3 Å². The molecule has 1 fully saturated rings. The SMILES string of the molecule is c1cc2c(cc1CNCC1CCCO1)CCN2. The normalized spacial score (nSPS) is 22.5. The third-order valence-electron chi connectivity index (χ3n) is 3.60. The van der Waals surface area contributed by atoms with Gasteiger partial charge in [-0.3, -0.25) is 0 Å². The lowest BCUT2D eigenvalue weighted by Gasteiger charge is -2.11. The summed E-state index contributed by atoms with van der Waals surface area (Å²) in [5.41, 5.74) is 4.15. The number of nitrogens with one attached hydrogen (secondary N) is 2. The standard InChI is InChI=1S/C14H20N2O/c1-2-13(17-7-1)10-15-9-11-3-4-14-12(8-11)5-6-16-14/h3-4,8,13,15-16H,1-2,5-7,9-10H2. The Labute approximate surface area is 103 Å². The molecule has 0 aliphatic carbocycles. The van der Waals surface area contributed by atoms with Crippen LogP contribution in [0.15, 0.2) is 18.2 Å². The summed E-state index contributed by atoms with van der Waals surface area (Å²) >= 11 is 0. The van der Waals surface area contributed by atoms with E-state index < -0.39 is 0 Å². The molecule has 1 atom stereocenters. The summed E-state index contributed by atoms with van der Waals surface area (Å²) in [6.45, 7) is 3.96. The maximum atomic E-state index is 5.59. The molecule has 2 aliphatic heterocycles. The van der Waals surface area contributed by atoms with Crippen LogP contribution >= 0.6 is 0 Å². The van der Waals surface area contributed by atoms with E-state index in [-0.39, 0.29) is 0 Å². The highest BCUT2D eigenvalue weighted by Crippen LogP contribution is 2.22. The Balaban J connectivity index is 1.51. The molecule has 92 valence electrons. The van der Waals surface area contributed by atoms with E-state index in [2.05, 4.69) is 28.8 Å². The number of hydrogen-bond donors (Lipinski definition) is 2. The van der Waals surface area contributed by atoms with E-state index in [0.29, 0.717) is 6.10 Å². The van der Waals surface area contributed by atoms with Gasteiger partial charge in [-0.25, -0.2) is 0 Å². The molecule has 1 aromatic rings. The zero-order valence-corrected chi connectivity index (χ0v) is 10.2. The molecule has 1 unspecified atom stereocenters. The Morgan fingerprint density at radius 3 is 3.29 bits per heavy atom. The predicted octanol–water partition coefficient (Wildman–Crippen LogP) is 1.92. The number of hydrogen-bond acceptors (Lipinski definition) is 3. The molecule has 1 saturated heterocycles. The fourth-order valence-electron chi connectivity index (χ4n) is 2.65. The van der Waals surface area contributed by atoms with Crippen LogP contribution < -0.4 is 10.6 Å². The Bertz CT molecular complexity index is 386. The molecule has 2 aliphatic rings. The van der Waals surface area contributed by atoms with E-state index in [0.717, 1.165) is 32.7 Å². The van der Waals surface area contributed by atoms with Crippen molar-refractivity contribution in [1.29, 1.82) is 0 Å². The second-order valence-electron chi connectivity index (χ2n) is 4.93. The first-order chi connectivity index (χ1) is 8.42. The second-order valence-corrected chi connectivity index (χ2v) is 4.93. The summed E-state index contributed by atoms with van der Waals surface area (Å²) in [5.74, 6) is 0. The van der Waals surface area contributed by atoms with Gasteiger partial charge in [0, 0.05) is 31.9 Å². The molecule has 0 radical (unpaired) electrons. The average molecular weight is 232 g/mol. The third-order valence-corrected chi connectivity index (χ3v) is 3.60. The van der Waals surface area contributed by atoms with Crippen LogP contribution in [0.4, 0.5) is 5.69 Å². The lowest BCUT2D eigenvalue weighted by Crippen LogP contribution is -2.25. The fourth-order valence-corrected chi connectivity index (χ4v) is 2.65. The van der Waals surface area contributed by atoms with Crippen molar-refractivity contribution in [3.8, 4) is 0 Å². The van der Waals surface area contributed by atoms with Crippen LogP contribution in [-0.4, -0.2) is 25.8 Å². The van der Waals surface area contributed by atoms with Crippen LogP contribution in [0.3, 0.4) is 0 Å². The lowest BCUT2D eigenvalue weighted by molar-refractivity contribution is 0.110. The highest BCUT2D eigenvalue weighted by Gasteiger charge is 2.14. The monoisotopic (exact) mass is 232 g/mol. The largest absolute Gasteiger partial charge is 0.384 e. The van der Waals surface area contributed by atoms with Crippen molar-refractivity contribution in [1.82, 2.24) is 5.32 Å². The molecular formula is C14H20N2O. The highest BCUT2D eigenvalue weighted by molar-refractivity contribution is 5.56. The van der Waals surface area contributed by atoms with Gasteiger partial charge in [0.2, 0.25) is 0 Å². The number of anilines is 1. The molecule has 2 N–H and O–H groups in total. The summed E-state index contributed by atoms with van der Waals surface area (Å²) < 4.78 is 5.59. The molecule has 0 bridgehead atoms. The quantitative estimate of drug-likeness (QED) is 0.832. The third kappa shape index (κ3) is 2.61. The highest BCUT2D eigenvalue weighted by atomic mass is 16.5. The van der Waals surface area contributed by atoms with Crippen molar-refractivity contribution in [2.75, 3.05) is 25.0 Å². The Hall–Kier alpha value is -1.06.